The lowest BCUT2D eigenvalue weighted by molar-refractivity contribution is 0.379. The predicted molar refractivity (Wildman–Crippen MR) is 76.2 cm³/mol. The summed E-state index contributed by atoms with van der Waals surface area (Å²) in [5, 5.41) is 0. The molecular weight excluding hydrogens is 236 g/mol. The van der Waals surface area contributed by atoms with E-state index >= 15 is 0 Å². The molecule has 1 aliphatic rings. The number of rotatable bonds is 1. The van der Waals surface area contributed by atoms with Crippen molar-refractivity contribution in [3.63, 3.8) is 0 Å². The Morgan fingerprint density at radius 1 is 1.32 bits per heavy atom. The Labute approximate surface area is 112 Å². The van der Waals surface area contributed by atoms with Crippen molar-refractivity contribution < 1.29 is 0 Å². The van der Waals surface area contributed by atoms with Crippen LogP contribution in [0.15, 0.2) is 35.1 Å². The van der Waals surface area contributed by atoms with Crippen molar-refractivity contribution in [2.75, 3.05) is 0 Å². The zero-order valence-electron chi connectivity index (χ0n) is 11.4. The fourth-order valence-corrected chi connectivity index (χ4v) is 2.72. The number of aromatic nitrogens is 2. The minimum atomic E-state index is 0.0785. The number of fused-ring (bicyclic) bond motifs is 1. The largest absolute Gasteiger partial charge is 0.296 e. The first kappa shape index (κ1) is 12.2. The van der Waals surface area contributed by atoms with E-state index < -0.39 is 0 Å². The van der Waals surface area contributed by atoms with Crippen LogP contribution in [-0.2, 0) is 13.0 Å². The van der Waals surface area contributed by atoms with Gasteiger partial charge in [0.15, 0.2) is 0 Å². The quantitative estimate of drug-likeness (QED) is 0.784. The normalized spacial score (nSPS) is 18.1. The molecule has 0 N–H and O–H groups in total. The molecule has 3 nitrogen and oxygen atoms in total. The summed E-state index contributed by atoms with van der Waals surface area (Å²) in [5.41, 5.74) is 3.10. The number of hydrogen-bond donors (Lipinski definition) is 0. The lowest BCUT2D eigenvalue weighted by Crippen LogP contribution is -2.31. The summed E-state index contributed by atoms with van der Waals surface area (Å²) < 4.78 is 1.83. The molecule has 1 atom stereocenters. The van der Waals surface area contributed by atoms with E-state index in [-0.39, 0.29) is 5.56 Å². The maximum absolute atomic E-state index is 12.2. The molecular formula is C16H18N2O. The summed E-state index contributed by atoms with van der Waals surface area (Å²) in [5.74, 6) is 1.50. The van der Waals surface area contributed by atoms with Crippen molar-refractivity contribution in [3.8, 4) is 11.3 Å². The SMILES string of the molecule is Cc1ccccc1-c1cc(=O)n2c(n1)CC[C@@H](C)C2. The van der Waals surface area contributed by atoms with E-state index in [1.54, 1.807) is 6.07 Å². The van der Waals surface area contributed by atoms with Crippen LogP contribution in [0.2, 0.25) is 0 Å². The van der Waals surface area contributed by atoms with Crippen LogP contribution in [0.5, 0.6) is 0 Å². The Morgan fingerprint density at radius 2 is 2.11 bits per heavy atom. The molecule has 1 aromatic heterocycles. The zero-order chi connectivity index (χ0) is 13.4. The van der Waals surface area contributed by atoms with Crippen LogP contribution < -0.4 is 5.56 Å². The maximum Gasteiger partial charge on any atom is 0.254 e. The minimum absolute atomic E-state index is 0.0785. The minimum Gasteiger partial charge on any atom is -0.296 e. The van der Waals surface area contributed by atoms with Gasteiger partial charge in [-0.05, 0) is 24.8 Å². The van der Waals surface area contributed by atoms with Crippen LogP contribution in [0.1, 0.15) is 24.7 Å². The van der Waals surface area contributed by atoms with Gasteiger partial charge in [-0.2, -0.15) is 0 Å². The van der Waals surface area contributed by atoms with Gasteiger partial charge in [0, 0.05) is 24.6 Å². The van der Waals surface area contributed by atoms with E-state index in [2.05, 4.69) is 19.9 Å². The fraction of sp³-hybridized carbons (Fsp3) is 0.375. The molecule has 0 spiro atoms. The van der Waals surface area contributed by atoms with E-state index in [1.165, 1.54) is 0 Å². The smallest absolute Gasteiger partial charge is 0.254 e. The summed E-state index contributed by atoms with van der Waals surface area (Å²) in [6.45, 7) is 5.04. The molecule has 0 amide bonds. The van der Waals surface area contributed by atoms with Gasteiger partial charge in [0.25, 0.3) is 5.56 Å². The van der Waals surface area contributed by atoms with Gasteiger partial charge in [0.2, 0.25) is 0 Å². The summed E-state index contributed by atoms with van der Waals surface area (Å²) in [6.07, 6.45) is 2.01. The van der Waals surface area contributed by atoms with Crippen molar-refractivity contribution in [2.45, 2.75) is 33.2 Å². The first-order valence-electron chi connectivity index (χ1n) is 6.82. The Hall–Kier alpha value is -1.90. The van der Waals surface area contributed by atoms with Gasteiger partial charge >= 0.3 is 0 Å². The van der Waals surface area contributed by atoms with Crippen molar-refractivity contribution in [1.82, 2.24) is 9.55 Å². The topological polar surface area (TPSA) is 34.9 Å². The average molecular weight is 254 g/mol. The summed E-state index contributed by atoms with van der Waals surface area (Å²) in [6, 6.07) is 9.74. The van der Waals surface area contributed by atoms with Gasteiger partial charge in [-0.1, -0.05) is 31.2 Å². The summed E-state index contributed by atoms with van der Waals surface area (Å²) in [7, 11) is 0. The van der Waals surface area contributed by atoms with Gasteiger partial charge in [-0.3, -0.25) is 9.36 Å². The maximum atomic E-state index is 12.2. The highest BCUT2D eigenvalue weighted by Gasteiger charge is 2.18. The monoisotopic (exact) mass is 254 g/mol. The third-order valence-electron chi connectivity index (χ3n) is 3.86. The Bertz CT molecular complexity index is 673. The van der Waals surface area contributed by atoms with Crippen LogP contribution in [0.4, 0.5) is 0 Å². The van der Waals surface area contributed by atoms with Gasteiger partial charge < -0.3 is 0 Å². The molecule has 0 saturated heterocycles. The molecule has 2 heterocycles. The molecule has 1 aliphatic heterocycles. The molecule has 0 aliphatic carbocycles. The van der Waals surface area contributed by atoms with Crippen LogP contribution in [0.25, 0.3) is 11.3 Å². The fourth-order valence-electron chi connectivity index (χ4n) is 2.72. The first-order valence-corrected chi connectivity index (χ1v) is 6.82. The van der Waals surface area contributed by atoms with Crippen LogP contribution in [-0.4, -0.2) is 9.55 Å². The third-order valence-corrected chi connectivity index (χ3v) is 3.86. The molecule has 19 heavy (non-hydrogen) atoms. The van der Waals surface area contributed by atoms with Crippen LogP contribution >= 0.6 is 0 Å². The second-order valence-corrected chi connectivity index (χ2v) is 5.47. The number of nitrogens with zero attached hydrogens (tertiary/aromatic N) is 2. The Kier molecular flexibility index (Phi) is 2.97. The summed E-state index contributed by atoms with van der Waals surface area (Å²) >= 11 is 0. The number of benzene rings is 1. The molecule has 0 saturated carbocycles. The predicted octanol–water partition coefficient (Wildman–Crippen LogP) is 2.80. The van der Waals surface area contributed by atoms with Gasteiger partial charge in [-0.15, -0.1) is 0 Å². The van der Waals surface area contributed by atoms with Crippen molar-refractivity contribution in [2.24, 2.45) is 5.92 Å². The second-order valence-electron chi connectivity index (χ2n) is 5.47. The average Bonchev–Trinajstić information content (AvgIpc) is 2.40. The Balaban J connectivity index is 2.14. The highest BCUT2D eigenvalue weighted by atomic mass is 16.1. The lowest BCUT2D eigenvalue weighted by atomic mass is 10.0. The number of aryl methyl sites for hydroxylation is 2. The molecule has 0 fully saturated rings. The number of hydrogen-bond acceptors (Lipinski definition) is 2. The van der Waals surface area contributed by atoms with E-state index in [4.69, 9.17) is 4.98 Å². The standard InChI is InChI=1S/C16H18N2O/c1-11-7-8-15-17-14(9-16(19)18(15)10-11)13-6-4-3-5-12(13)2/h3-6,9,11H,7-8,10H2,1-2H3/t11-/m1/s1. The molecule has 2 aromatic rings. The summed E-state index contributed by atoms with van der Waals surface area (Å²) in [4.78, 5) is 16.9. The van der Waals surface area contributed by atoms with E-state index in [0.717, 1.165) is 42.0 Å². The molecule has 0 bridgehead atoms. The van der Waals surface area contributed by atoms with Crippen molar-refractivity contribution in [3.05, 3.63) is 52.1 Å². The van der Waals surface area contributed by atoms with E-state index in [9.17, 15) is 4.79 Å². The van der Waals surface area contributed by atoms with Gasteiger partial charge in [-0.25, -0.2) is 4.98 Å². The van der Waals surface area contributed by atoms with Crippen LogP contribution in [0.3, 0.4) is 0 Å². The van der Waals surface area contributed by atoms with Crippen molar-refractivity contribution >= 4 is 0 Å². The molecule has 3 heteroatoms. The Morgan fingerprint density at radius 3 is 2.89 bits per heavy atom. The molecule has 98 valence electrons. The second kappa shape index (κ2) is 4.65. The first-order chi connectivity index (χ1) is 9.15. The van der Waals surface area contributed by atoms with Gasteiger partial charge in [0.05, 0.1) is 5.69 Å². The van der Waals surface area contributed by atoms with E-state index in [1.807, 2.05) is 22.8 Å². The zero-order valence-corrected chi connectivity index (χ0v) is 11.4. The van der Waals surface area contributed by atoms with E-state index in [0.29, 0.717) is 5.92 Å². The molecule has 3 rings (SSSR count). The third kappa shape index (κ3) is 2.21. The van der Waals surface area contributed by atoms with Crippen molar-refractivity contribution in [1.29, 1.82) is 0 Å². The highest BCUT2D eigenvalue weighted by Crippen LogP contribution is 2.22. The molecule has 0 unspecified atom stereocenters. The molecule has 0 radical (unpaired) electrons. The van der Waals surface area contributed by atoms with Crippen LogP contribution in [0, 0.1) is 12.8 Å². The van der Waals surface area contributed by atoms with Gasteiger partial charge in [0.1, 0.15) is 5.82 Å². The lowest BCUT2D eigenvalue weighted by Gasteiger charge is -2.23. The highest BCUT2D eigenvalue weighted by molar-refractivity contribution is 5.62. The molecule has 1 aromatic carbocycles.